The van der Waals surface area contributed by atoms with Gasteiger partial charge in [0.1, 0.15) is 11.6 Å². The highest BCUT2D eigenvalue weighted by Gasteiger charge is 2.03. The van der Waals surface area contributed by atoms with Crippen molar-refractivity contribution in [2.45, 2.75) is 5.16 Å². The van der Waals surface area contributed by atoms with Crippen LogP contribution in [0.4, 0.5) is 5.82 Å². The molecule has 8 heteroatoms. The van der Waals surface area contributed by atoms with Gasteiger partial charge >= 0.3 is 5.97 Å². The van der Waals surface area contributed by atoms with Crippen LogP contribution in [0.3, 0.4) is 0 Å². The molecule has 0 aliphatic carbocycles. The number of nitrogen functional groups attached to an aromatic ring is 1. The Balaban J connectivity index is 1.81. The summed E-state index contributed by atoms with van der Waals surface area (Å²) in [6, 6.07) is 7.34. The molecule has 1 aromatic heterocycles. The number of carboxylic acids is 1. The minimum atomic E-state index is -0.978. The molecule has 4 N–H and O–H groups in total. The van der Waals surface area contributed by atoms with Crippen molar-refractivity contribution in [3.05, 3.63) is 46.2 Å². The van der Waals surface area contributed by atoms with Crippen LogP contribution in [0.1, 0.15) is 10.4 Å². The van der Waals surface area contributed by atoms with Crippen molar-refractivity contribution >= 4 is 23.5 Å². The molecule has 7 nitrogen and oxygen atoms in total. The van der Waals surface area contributed by atoms with Gasteiger partial charge in [-0.15, -0.1) is 0 Å². The van der Waals surface area contributed by atoms with Crippen molar-refractivity contribution in [1.29, 1.82) is 0 Å². The van der Waals surface area contributed by atoms with E-state index in [0.717, 1.165) is 0 Å². The maximum atomic E-state index is 11.2. The molecule has 0 unspecified atom stereocenters. The van der Waals surface area contributed by atoms with Crippen LogP contribution in [-0.2, 0) is 0 Å². The summed E-state index contributed by atoms with van der Waals surface area (Å²) >= 11 is 1.31. The van der Waals surface area contributed by atoms with Crippen molar-refractivity contribution < 1.29 is 14.6 Å². The Kier molecular flexibility index (Phi) is 4.83. The van der Waals surface area contributed by atoms with E-state index in [-0.39, 0.29) is 16.9 Å². The van der Waals surface area contributed by atoms with E-state index < -0.39 is 5.97 Å². The molecule has 0 saturated carbocycles. The molecule has 21 heavy (non-hydrogen) atoms. The first-order chi connectivity index (χ1) is 10.0. The first-order valence-corrected chi connectivity index (χ1v) is 6.99. The predicted octanol–water partition coefficient (Wildman–Crippen LogP) is 1.22. The first-order valence-electron chi connectivity index (χ1n) is 6.00. The van der Waals surface area contributed by atoms with E-state index in [1.165, 1.54) is 30.0 Å². The van der Waals surface area contributed by atoms with Gasteiger partial charge in [-0.3, -0.25) is 4.79 Å². The van der Waals surface area contributed by atoms with Crippen LogP contribution in [-0.4, -0.2) is 33.4 Å². The SMILES string of the molecule is Nc1cc(=O)[nH]c(SCCOc2ccc(C(=O)O)cc2)n1. The molecule has 110 valence electrons. The van der Waals surface area contributed by atoms with Gasteiger partial charge in [-0.2, -0.15) is 0 Å². The molecule has 2 rings (SSSR count). The summed E-state index contributed by atoms with van der Waals surface area (Å²) in [4.78, 5) is 28.4. The molecule has 0 saturated heterocycles. The lowest BCUT2D eigenvalue weighted by molar-refractivity contribution is 0.0697. The van der Waals surface area contributed by atoms with Crippen LogP contribution in [0.5, 0.6) is 5.75 Å². The molecule has 0 fully saturated rings. The van der Waals surface area contributed by atoms with E-state index in [1.54, 1.807) is 12.1 Å². The van der Waals surface area contributed by atoms with Gasteiger partial charge in [0.05, 0.1) is 12.2 Å². The lowest BCUT2D eigenvalue weighted by atomic mass is 10.2. The zero-order chi connectivity index (χ0) is 15.2. The lowest BCUT2D eigenvalue weighted by Crippen LogP contribution is -2.10. The summed E-state index contributed by atoms with van der Waals surface area (Å²) in [7, 11) is 0. The summed E-state index contributed by atoms with van der Waals surface area (Å²) in [6.07, 6.45) is 0. The highest BCUT2D eigenvalue weighted by Crippen LogP contribution is 2.15. The topological polar surface area (TPSA) is 118 Å². The fourth-order valence-corrected chi connectivity index (χ4v) is 2.22. The number of nitrogens with one attached hydrogen (secondary N) is 1. The number of aromatic nitrogens is 2. The Morgan fingerprint density at radius 3 is 2.71 bits per heavy atom. The van der Waals surface area contributed by atoms with Gasteiger partial charge in [0.15, 0.2) is 5.16 Å². The third kappa shape index (κ3) is 4.53. The third-order valence-corrected chi connectivity index (χ3v) is 3.27. The third-order valence-electron chi connectivity index (χ3n) is 2.43. The van der Waals surface area contributed by atoms with Crippen LogP contribution in [0, 0.1) is 0 Å². The molecule has 2 aromatic rings. The maximum Gasteiger partial charge on any atom is 0.335 e. The number of carbonyl (C=O) groups is 1. The fourth-order valence-electron chi connectivity index (χ4n) is 1.51. The van der Waals surface area contributed by atoms with Gasteiger partial charge in [0, 0.05) is 11.8 Å². The summed E-state index contributed by atoms with van der Waals surface area (Å²) < 4.78 is 5.46. The number of nitrogens with zero attached hydrogens (tertiary/aromatic N) is 1. The molecule has 1 heterocycles. The number of thioether (sulfide) groups is 1. The van der Waals surface area contributed by atoms with Crippen molar-refractivity contribution in [2.24, 2.45) is 0 Å². The zero-order valence-electron chi connectivity index (χ0n) is 10.9. The van der Waals surface area contributed by atoms with Gasteiger partial charge in [0.2, 0.25) is 0 Å². The zero-order valence-corrected chi connectivity index (χ0v) is 11.7. The molecule has 0 spiro atoms. The minimum Gasteiger partial charge on any atom is -0.493 e. The standard InChI is InChI=1S/C13H13N3O4S/c14-10-7-11(17)16-13(15-10)21-6-5-20-9-3-1-8(2-4-9)12(18)19/h1-4,7H,5-6H2,(H,18,19)(H3,14,15,16,17). The Bertz CT molecular complexity index is 685. The molecule has 0 radical (unpaired) electrons. The Labute approximate surface area is 124 Å². The minimum absolute atomic E-state index is 0.173. The van der Waals surface area contributed by atoms with E-state index in [4.69, 9.17) is 15.6 Å². The monoisotopic (exact) mass is 307 g/mol. The van der Waals surface area contributed by atoms with E-state index in [9.17, 15) is 9.59 Å². The largest absolute Gasteiger partial charge is 0.493 e. The van der Waals surface area contributed by atoms with E-state index >= 15 is 0 Å². The molecular formula is C13H13N3O4S. The molecule has 0 aliphatic rings. The van der Waals surface area contributed by atoms with Crippen LogP contribution in [0.25, 0.3) is 0 Å². The number of nitrogens with two attached hydrogens (primary N) is 1. The van der Waals surface area contributed by atoms with Crippen LogP contribution in [0.2, 0.25) is 0 Å². The normalized spacial score (nSPS) is 10.3. The highest BCUT2D eigenvalue weighted by molar-refractivity contribution is 7.99. The average molecular weight is 307 g/mol. The average Bonchev–Trinajstić information content (AvgIpc) is 2.43. The van der Waals surface area contributed by atoms with Crippen molar-refractivity contribution in [3.63, 3.8) is 0 Å². The number of carboxylic acid groups (broad SMARTS) is 1. The van der Waals surface area contributed by atoms with Crippen LogP contribution >= 0.6 is 11.8 Å². The number of aromatic amines is 1. The van der Waals surface area contributed by atoms with Crippen LogP contribution in [0.15, 0.2) is 40.3 Å². The number of aromatic carboxylic acids is 1. The molecule has 0 amide bonds. The lowest BCUT2D eigenvalue weighted by Gasteiger charge is -2.06. The quantitative estimate of drug-likeness (QED) is 0.417. The second kappa shape index (κ2) is 6.80. The van der Waals surface area contributed by atoms with Crippen molar-refractivity contribution in [3.8, 4) is 5.75 Å². The van der Waals surface area contributed by atoms with Crippen molar-refractivity contribution in [1.82, 2.24) is 9.97 Å². The molecule has 1 aromatic carbocycles. The Hall–Kier alpha value is -2.48. The summed E-state index contributed by atoms with van der Waals surface area (Å²) in [5.41, 5.74) is 5.38. The van der Waals surface area contributed by atoms with Crippen molar-refractivity contribution in [2.75, 3.05) is 18.1 Å². The van der Waals surface area contributed by atoms with Gasteiger partial charge in [-0.1, -0.05) is 11.8 Å². The number of ether oxygens (including phenoxy) is 1. The van der Waals surface area contributed by atoms with E-state index in [2.05, 4.69) is 9.97 Å². The molecule has 0 atom stereocenters. The molecule has 0 bridgehead atoms. The highest BCUT2D eigenvalue weighted by atomic mass is 32.2. The second-order valence-electron chi connectivity index (χ2n) is 4.00. The number of hydrogen-bond donors (Lipinski definition) is 3. The number of H-pyrrole nitrogens is 1. The molecular weight excluding hydrogens is 294 g/mol. The Morgan fingerprint density at radius 1 is 1.38 bits per heavy atom. The molecule has 0 aliphatic heterocycles. The van der Waals surface area contributed by atoms with Gasteiger partial charge in [-0.05, 0) is 24.3 Å². The van der Waals surface area contributed by atoms with Crippen LogP contribution < -0.4 is 16.0 Å². The number of hydrogen-bond acceptors (Lipinski definition) is 6. The van der Waals surface area contributed by atoms with E-state index in [0.29, 0.717) is 23.3 Å². The Morgan fingerprint density at radius 2 is 2.10 bits per heavy atom. The summed E-state index contributed by atoms with van der Waals surface area (Å²) in [5, 5.41) is 9.21. The summed E-state index contributed by atoms with van der Waals surface area (Å²) in [5.74, 6) is 0.336. The number of anilines is 1. The fraction of sp³-hybridized carbons (Fsp3) is 0.154. The first kappa shape index (κ1) is 14.9. The van der Waals surface area contributed by atoms with Gasteiger partial charge in [0.25, 0.3) is 5.56 Å². The second-order valence-corrected chi connectivity index (χ2v) is 5.09. The smallest absolute Gasteiger partial charge is 0.335 e. The van der Waals surface area contributed by atoms with Gasteiger partial charge in [-0.25, -0.2) is 9.78 Å². The maximum absolute atomic E-state index is 11.2. The summed E-state index contributed by atoms with van der Waals surface area (Å²) in [6.45, 7) is 0.385. The predicted molar refractivity (Wildman–Crippen MR) is 78.9 cm³/mol. The number of rotatable bonds is 6. The number of benzene rings is 1. The van der Waals surface area contributed by atoms with Gasteiger partial charge < -0.3 is 20.6 Å². The van der Waals surface area contributed by atoms with E-state index in [1.807, 2.05) is 0 Å².